The molecule has 0 aliphatic rings. The van der Waals surface area contributed by atoms with Crippen LogP contribution in [0.1, 0.15) is 29.5 Å². The Morgan fingerprint density at radius 3 is 2.44 bits per heavy atom. The van der Waals surface area contributed by atoms with Crippen LogP contribution >= 0.6 is 11.3 Å². The van der Waals surface area contributed by atoms with Crippen LogP contribution in [0.15, 0.2) is 12.1 Å². The summed E-state index contributed by atoms with van der Waals surface area (Å²) < 4.78 is 0. The Hall–Kier alpha value is -1.36. The second kappa shape index (κ2) is 5.12. The summed E-state index contributed by atoms with van der Waals surface area (Å²) in [6.07, 6.45) is 0. The molecule has 4 nitrogen and oxygen atoms in total. The van der Waals surface area contributed by atoms with E-state index in [1.807, 2.05) is 26.0 Å². The van der Waals surface area contributed by atoms with E-state index in [1.165, 1.54) is 0 Å². The average molecular weight is 240 g/mol. The summed E-state index contributed by atoms with van der Waals surface area (Å²) in [5.74, 6) is -0.948. The normalized spacial score (nSPS) is 14.2. The molecule has 0 saturated carbocycles. The quantitative estimate of drug-likeness (QED) is 0.828. The van der Waals surface area contributed by atoms with Gasteiger partial charge in [-0.2, -0.15) is 0 Å². The third kappa shape index (κ3) is 3.06. The summed E-state index contributed by atoms with van der Waals surface area (Å²) in [4.78, 5) is 24.7. The van der Waals surface area contributed by atoms with Crippen LogP contribution in [0.25, 0.3) is 0 Å². The zero-order valence-corrected chi connectivity index (χ0v) is 10.4. The molecule has 0 aliphatic carbocycles. The molecule has 1 aromatic heterocycles. The molecule has 0 saturated heterocycles. The lowest BCUT2D eigenvalue weighted by molar-refractivity contribution is -0.127. The van der Waals surface area contributed by atoms with Crippen molar-refractivity contribution < 1.29 is 9.59 Å². The van der Waals surface area contributed by atoms with Crippen molar-refractivity contribution in [1.29, 1.82) is 0 Å². The molecule has 1 heterocycles. The van der Waals surface area contributed by atoms with Crippen LogP contribution in [0.3, 0.4) is 0 Å². The lowest BCUT2D eigenvalue weighted by atomic mass is 10.1. The van der Waals surface area contributed by atoms with Crippen LogP contribution in [0.4, 0.5) is 0 Å². The van der Waals surface area contributed by atoms with Gasteiger partial charge in [0.2, 0.25) is 11.8 Å². The fourth-order valence-corrected chi connectivity index (χ4v) is 2.15. The van der Waals surface area contributed by atoms with Crippen LogP contribution in [-0.2, 0) is 9.59 Å². The van der Waals surface area contributed by atoms with Crippen molar-refractivity contribution in [2.75, 3.05) is 0 Å². The van der Waals surface area contributed by atoms with E-state index in [1.54, 1.807) is 18.3 Å². The van der Waals surface area contributed by atoms with Gasteiger partial charge in [0.05, 0.1) is 5.92 Å². The lowest BCUT2D eigenvalue weighted by Gasteiger charge is -2.14. The molecule has 2 atom stereocenters. The molecule has 16 heavy (non-hydrogen) atoms. The highest BCUT2D eigenvalue weighted by molar-refractivity contribution is 7.12. The number of primary amides is 1. The standard InChI is InChI=1S/C11H16N2O2S/c1-6-4-5-9(16-6)7(2)11(15)13-8(3)10(12)14/h4-5,7-8H,1-3H3,(H2,12,14)(H,13,15)/t7-,8-/m0/s1. The maximum atomic E-state index is 11.8. The average Bonchev–Trinajstić information content (AvgIpc) is 2.63. The predicted molar refractivity (Wildman–Crippen MR) is 64.3 cm³/mol. The molecule has 3 N–H and O–H groups in total. The molecule has 1 aromatic rings. The number of aryl methyl sites for hydroxylation is 1. The van der Waals surface area contributed by atoms with Crippen LogP contribution < -0.4 is 11.1 Å². The minimum atomic E-state index is -0.629. The fourth-order valence-electron chi connectivity index (χ4n) is 1.22. The summed E-state index contributed by atoms with van der Waals surface area (Å²) in [5, 5.41) is 2.58. The third-order valence-corrected chi connectivity index (χ3v) is 3.55. The van der Waals surface area contributed by atoms with Crippen LogP contribution in [0, 0.1) is 6.92 Å². The van der Waals surface area contributed by atoms with Gasteiger partial charge in [-0.15, -0.1) is 11.3 Å². The van der Waals surface area contributed by atoms with Crippen molar-refractivity contribution in [3.8, 4) is 0 Å². The second-order valence-corrected chi connectivity index (χ2v) is 5.12. The van der Waals surface area contributed by atoms with Crippen molar-refractivity contribution in [3.05, 3.63) is 21.9 Å². The van der Waals surface area contributed by atoms with Gasteiger partial charge in [-0.1, -0.05) is 0 Å². The lowest BCUT2D eigenvalue weighted by Crippen LogP contribution is -2.43. The molecule has 0 aromatic carbocycles. The number of nitrogens with one attached hydrogen (secondary N) is 1. The summed E-state index contributed by atoms with van der Waals surface area (Å²) in [6.45, 7) is 5.38. The first kappa shape index (κ1) is 12.7. The number of hydrogen-bond acceptors (Lipinski definition) is 3. The van der Waals surface area contributed by atoms with Gasteiger partial charge in [0.15, 0.2) is 0 Å². The Kier molecular flexibility index (Phi) is 4.06. The molecule has 0 spiro atoms. The smallest absolute Gasteiger partial charge is 0.239 e. The highest BCUT2D eigenvalue weighted by Crippen LogP contribution is 2.24. The molecule has 0 fully saturated rings. The molecule has 0 bridgehead atoms. The van der Waals surface area contributed by atoms with Gasteiger partial charge in [-0.25, -0.2) is 0 Å². The van der Waals surface area contributed by atoms with Gasteiger partial charge in [-0.3, -0.25) is 9.59 Å². The number of carbonyl (C=O) groups is 2. The van der Waals surface area contributed by atoms with Gasteiger partial charge < -0.3 is 11.1 Å². The molecular weight excluding hydrogens is 224 g/mol. The molecule has 1 rings (SSSR count). The molecule has 0 unspecified atom stereocenters. The Morgan fingerprint density at radius 1 is 1.38 bits per heavy atom. The van der Waals surface area contributed by atoms with E-state index in [2.05, 4.69) is 5.32 Å². The predicted octanol–water partition coefficient (Wildman–Crippen LogP) is 1.15. The number of hydrogen-bond donors (Lipinski definition) is 2. The minimum absolute atomic E-state index is 0.173. The number of amides is 2. The van der Waals surface area contributed by atoms with Crippen molar-refractivity contribution in [1.82, 2.24) is 5.32 Å². The molecule has 0 aliphatic heterocycles. The van der Waals surface area contributed by atoms with Gasteiger partial charge >= 0.3 is 0 Å². The number of nitrogens with two attached hydrogens (primary N) is 1. The van der Waals surface area contributed by atoms with Crippen molar-refractivity contribution >= 4 is 23.2 Å². The number of carbonyl (C=O) groups excluding carboxylic acids is 2. The topological polar surface area (TPSA) is 72.2 Å². The fraction of sp³-hybridized carbons (Fsp3) is 0.455. The van der Waals surface area contributed by atoms with Crippen LogP contribution in [0.2, 0.25) is 0 Å². The summed E-state index contributed by atoms with van der Waals surface area (Å²) in [5.41, 5.74) is 5.08. The highest BCUT2D eigenvalue weighted by atomic mass is 32.1. The Morgan fingerprint density at radius 2 is 2.00 bits per heavy atom. The first-order valence-electron chi connectivity index (χ1n) is 5.08. The maximum absolute atomic E-state index is 11.8. The first-order chi connectivity index (χ1) is 7.41. The summed E-state index contributed by atoms with van der Waals surface area (Å²) in [7, 11) is 0. The molecule has 2 amide bonds. The highest BCUT2D eigenvalue weighted by Gasteiger charge is 2.20. The Bertz CT molecular complexity index is 400. The van der Waals surface area contributed by atoms with Crippen molar-refractivity contribution in [2.24, 2.45) is 5.73 Å². The molecular formula is C11H16N2O2S. The first-order valence-corrected chi connectivity index (χ1v) is 5.89. The number of thiophene rings is 1. The summed E-state index contributed by atoms with van der Waals surface area (Å²) in [6, 6.07) is 3.27. The maximum Gasteiger partial charge on any atom is 0.239 e. The Balaban J connectivity index is 2.64. The monoisotopic (exact) mass is 240 g/mol. The molecule has 0 radical (unpaired) electrons. The van der Waals surface area contributed by atoms with Crippen LogP contribution in [0.5, 0.6) is 0 Å². The van der Waals surface area contributed by atoms with E-state index in [9.17, 15) is 9.59 Å². The van der Waals surface area contributed by atoms with E-state index in [4.69, 9.17) is 5.73 Å². The van der Waals surface area contributed by atoms with Gasteiger partial charge in [0.25, 0.3) is 0 Å². The zero-order chi connectivity index (χ0) is 12.3. The van der Waals surface area contributed by atoms with E-state index in [0.717, 1.165) is 9.75 Å². The third-order valence-electron chi connectivity index (χ3n) is 2.37. The molecule has 88 valence electrons. The zero-order valence-electron chi connectivity index (χ0n) is 9.61. The van der Waals surface area contributed by atoms with Crippen LogP contribution in [-0.4, -0.2) is 17.9 Å². The van der Waals surface area contributed by atoms with E-state index >= 15 is 0 Å². The van der Waals surface area contributed by atoms with E-state index in [-0.39, 0.29) is 11.8 Å². The Labute approximate surface area is 98.8 Å². The SMILES string of the molecule is Cc1ccc([C@H](C)C(=O)N[C@@H](C)C(N)=O)s1. The molecule has 5 heteroatoms. The minimum Gasteiger partial charge on any atom is -0.368 e. The summed E-state index contributed by atoms with van der Waals surface area (Å²) >= 11 is 1.58. The van der Waals surface area contributed by atoms with Gasteiger partial charge in [0.1, 0.15) is 6.04 Å². The number of rotatable bonds is 4. The van der Waals surface area contributed by atoms with E-state index < -0.39 is 11.9 Å². The van der Waals surface area contributed by atoms with Crippen molar-refractivity contribution in [2.45, 2.75) is 32.7 Å². The van der Waals surface area contributed by atoms with Gasteiger partial charge in [-0.05, 0) is 32.9 Å². The largest absolute Gasteiger partial charge is 0.368 e. The second-order valence-electron chi connectivity index (χ2n) is 3.80. The van der Waals surface area contributed by atoms with Crippen molar-refractivity contribution in [3.63, 3.8) is 0 Å². The van der Waals surface area contributed by atoms with Gasteiger partial charge in [0, 0.05) is 9.75 Å². The van der Waals surface area contributed by atoms with E-state index in [0.29, 0.717) is 0 Å².